The number of amides is 1. The molecule has 0 saturated carbocycles. The molecule has 7 heteroatoms. The summed E-state index contributed by atoms with van der Waals surface area (Å²) >= 11 is 0. The second kappa shape index (κ2) is 5.90. The van der Waals surface area contributed by atoms with E-state index in [-0.39, 0.29) is 16.8 Å². The number of sulfonamides is 1. The Kier molecular flexibility index (Phi) is 4.04. The lowest BCUT2D eigenvalue weighted by Crippen LogP contribution is -2.33. The minimum atomic E-state index is -3.70. The molecule has 0 unspecified atom stereocenters. The van der Waals surface area contributed by atoms with Crippen LogP contribution in [0.2, 0.25) is 0 Å². The molecule has 1 aliphatic rings. The monoisotopic (exact) mass is 345 g/mol. The minimum absolute atomic E-state index is 0.0315. The van der Waals surface area contributed by atoms with Crippen molar-refractivity contribution in [2.45, 2.75) is 31.2 Å². The molecule has 0 aliphatic carbocycles. The van der Waals surface area contributed by atoms with Crippen molar-refractivity contribution >= 4 is 27.4 Å². The van der Waals surface area contributed by atoms with E-state index >= 15 is 0 Å². The zero-order valence-corrected chi connectivity index (χ0v) is 14.6. The lowest BCUT2D eigenvalue weighted by Gasteiger charge is -2.21. The van der Waals surface area contributed by atoms with Gasteiger partial charge in [-0.2, -0.15) is 0 Å². The van der Waals surface area contributed by atoms with E-state index in [1.807, 2.05) is 6.92 Å². The predicted molar refractivity (Wildman–Crippen MR) is 92.6 cm³/mol. The Morgan fingerprint density at radius 3 is 2.67 bits per heavy atom. The number of carbonyl (C=O) groups excluding carboxylic acids is 1. The van der Waals surface area contributed by atoms with Crippen LogP contribution in [0.4, 0.5) is 11.5 Å². The number of rotatable bonds is 3. The summed E-state index contributed by atoms with van der Waals surface area (Å²) in [6.07, 6.45) is 2.20. The lowest BCUT2D eigenvalue weighted by molar-refractivity contribution is -0.116. The van der Waals surface area contributed by atoms with Crippen LogP contribution in [0.25, 0.3) is 0 Å². The number of nitrogens with zero attached hydrogens (tertiary/aromatic N) is 3. The van der Waals surface area contributed by atoms with Crippen LogP contribution >= 0.6 is 0 Å². The Morgan fingerprint density at radius 1 is 1.29 bits per heavy atom. The number of carbonyl (C=O) groups is 1. The van der Waals surface area contributed by atoms with Gasteiger partial charge in [-0.3, -0.25) is 9.10 Å². The number of benzene rings is 1. The van der Waals surface area contributed by atoms with Gasteiger partial charge in [-0.1, -0.05) is 6.07 Å². The molecule has 1 amide bonds. The highest BCUT2D eigenvalue weighted by atomic mass is 32.2. The molecule has 2 aromatic rings. The van der Waals surface area contributed by atoms with Crippen molar-refractivity contribution in [2.75, 3.05) is 16.3 Å². The maximum absolute atomic E-state index is 12.8. The smallest absolute Gasteiger partial charge is 0.265 e. The zero-order chi connectivity index (χ0) is 17.5. The van der Waals surface area contributed by atoms with Gasteiger partial charge in [-0.05, 0) is 49.2 Å². The quantitative estimate of drug-likeness (QED) is 0.855. The summed E-state index contributed by atoms with van der Waals surface area (Å²) in [5, 5.41) is 0. The fraction of sp³-hybridized carbons (Fsp3) is 0.294. The van der Waals surface area contributed by atoms with E-state index in [9.17, 15) is 13.2 Å². The number of hydrogen-bond acceptors (Lipinski definition) is 4. The molecule has 0 N–H and O–H groups in total. The molecule has 0 saturated heterocycles. The van der Waals surface area contributed by atoms with Crippen LogP contribution in [0, 0.1) is 0 Å². The van der Waals surface area contributed by atoms with E-state index in [0.717, 1.165) is 15.6 Å². The molecule has 1 aromatic carbocycles. The van der Waals surface area contributed by atoms with Gasteiger partial charge in [0.1, 0.15) is 5.82 Å². The highest BCUT2D eigenvalue weighted by molar-refractivity contribution is 7.92. The fourth-order valence-corrected chi connectivity index (χ4v) is 4.27. The first kappa shape index (κ1) is 16.4. The van der Waals surface area contributed by atoms with Crippen molar-refractivity contribution in [3.8, 4) is 0 Å². The first-order chi connectivity index (χ1) is 11.3. The molecule has 24 heavy (non-hydrogen) atoms. The average Bonchev–Trinajstić information content (AvgIpc) is 2.89. The summed E-state index contributed by atoms with van der Waals surface area (Å²) in [6.45, 7) is 3.47. The number of pyridine rings is 1. The van der Waals surface area contributed by atoms with Gasteiger partial charge in [0.15, 0.2) is 0 Å². The Morgan fingerprint density at radius 2 is 2.04 bits per heavy atom. The third kappa shape index (κ3) is 2.65. The Bertz CT molecular complexity index is 881. The summed E-state index contributed by atoms with van der Waals surface area (Å²) in [4.78, 5) is 17.8. The molecule has 0 spiro atoms. The van der Waals surface area contributed by atoms with Gasteiger partial charge in [0.2, 0.25) is 5.91 Å². The van der Waals surface area contributed by atoms with Crippen LogP contribution in [0.3, 0.4) is 0 Å². The molecule has 1 atom stereocenters. The van der Waals surface area contributed by atoms with Crippen LogP contribution in [0.15, 0.2) is 47.5 Å². The predicted octanol–water partition coefficient (Wildman–Crippen LogP) is 2.20. The Labute approximate surface area is 141 Å². The van der Waals surface area contributed by atoms with E-state index < -0.39 is 10.0 Å². The molecule has 2 heterocycles. The topological polar surface area (TPSA) is 70.6 Å². The molecule has 1 aromatic heterocycles. The number of anilines is 2. The van der Waals surface area contributed by atoms with Crippen molar-refractivity contribution in [2.24, 2.45) is 0 Å². The van der Waals surface area contributed by atoms with Gasteiger partial charge in [0.25, 0.3) is 10.0 Å². The molecule has 6 nitrogen and oxygen atoms in total. The first-order valence-corrected chi connectivity index (χ1v) is 9.09. The number of fused-ring (bicyclic) bond motifs is 1. The van der Waals surface area contributed by atoms with Crippen molar-refractivity contribution in [3.05, 3.63) is 48.2 Å². The number of aromatic nitrogens is 1. The maximum atomic E-state index is 12.8. The Balaban J connectivity index is 2.00. The zero-order valence-electron chi connectivity index (χ0n) is 13.8. The molecular weight excluding hydrogens is 326 g/mol. The highest BCUT2D eigenvalue weighted by Crippen LogP contribution is 2.34. The second-order valence-electron chi connectivity index (χ2n) is 5.89. The van der Waals surface area contributed by atoms with Crippen LogP contribution in [-0.2, 0) is 21.2 Å². The highest BCUT2D eigenvalue weighted by Gasteiger charge is 2.31. The van der Waals surface area contributed by atoms with Gasteiger partial charge < -0.3 is 4.90 Å². The maximum Gasteiger partial charge on any atom is 0.265 e. The average molecular weight is 345 g/mol. The summed E-state index contributed by atoms with van der Waals surface area (Å²) in [5.74, 6) is 0.319. The van der Waals surface area contributed by atoms with Crippen molar-refractivity contribution < 1.29 is 13.2 Å². The van der Waals surface area contributed by atoms with Crippen LogP contribution in [0.1, 0.15) is 19.4 Å². The molecule has 0 bridgehead atoms. The van der Waals surface area contributed by atoms with E-state index in [0.29, 0.717) is 12.2 Å². The molecule has 126 valence electrons. The van der Waals surface area contributed by atoms with Crippen LogP contribution in [0.5, 0.6) is 0 Å². The molecular formula is C17H19N3O3S. The van der Waals surface area contributed by atoms with E-state index in [2.05, 4.69) is 4.98 Å². The van der Waals surface area contributed by atoms with E-state index in [1.54, 1.807) is 47.5 Å². The minimum Gasteiger partial charge on any atom is -0.309 e. The SMILES string of the molecule is CC(=O)N1c2ccc(S(=O)(=O)N(C)c3ccccn3)cc2C[C@@H]1C. The third-order valence-corrected chi connectivity index (χ3v) is 5.99. The summed E-state index contributed by atoms with van der Waals surface area (Å²) < 4.78 is 26.8. The van der Waals surface area contributed by atoms with Crippen molar-refractivity contribution in [1.29, 1.82) is 0 Å². The lowest BCUT2D eigenvalue weighted by atomic mass is 10.1. The van der Waals surface area contributed by atoms with Gasteiger partial charge >= 0.3 is 0 Å². The molecule has 3 rings (SSSR count). The summed E-state index contributed by atoms with van der Waals surface area (Å²) in [7, 11) is -2.22. The fourth-order valence-electron chi connectivity index (χ4n) is 3.07. The molecule has 0 radical (unpaired) electrons. The van der Waals surface area contributed by atoms with E-state index in [4.69, 9.17) is 0 Å². The molecule has 0 fully saturated rings. The first-order valence-electron chi connectivity index (χ1n) is 7.65. The van der Waals surface area contributed by atoms with Crippen molar-refractivity contribution in [1.82, 2.24) is 4.98 Å². The largest absolute Gasteiger partial charge is 0.309 e. The van der Waals surface area contributed by atoms with Crippen molar-refractivity contribution in [3.63, 3.8) is 0 Å². The van der Waals surface area contributed by atoms with Crippen LogP contribution in [-0.4, -0.2) is 32.4 Å². The normalized spacial score (nSPS) is 16.8. The summed E-state index contributed by atoms with van der Waals surface area (Å²) in [5.41, 5.74) is 1.66. The van der Waals surface area contributed by atoms with Crippen LogP contribution < -0.4 is 9.21 Å². The molecule has 1 aliphatic heterocycles. The standard InChI is InChI=1S/C17H19N3O3S/c1-12-10-14-11-15(7-8-16(14)20(12)13(2)21)24(22,23)19(3)17-6-4-5-9-18-17/h4-9,11-12H,10H2,1-3H3/t12-/m0/s1. The van der Waals surface area contributed by atoms with E-state index in [1.165, 1.54) is 14.0 Å². The van der Waals surface area contributed by atoms with Gasteiger partial charge in [-0.15, -0.1) is 0 Å². The van der Waals surface area contributed by atoms with Gasteiger partial charge in [-0.25, -0.2) is 13.4 Å². The van der Waals surface area contributed by atoms with Gasteiger partial charge in [0, 0.05) is 31.9 Å². The summed E-state index contributed by atoms with van der Waals surface area (Å²) in [6, 6.07) is 10.1. The number of hydrogen-bond donors (Lipinski definition) is 0. The van der Waals surface area contributed by atoms with Gasteiger partial charge in [0.05, 0.1) is 4.90 Å². The third-order valence-electron chi connectivity index (χ3n) is 4.24. The second-order valence-corrected chi connectivity index (χ2v) is 7.86. The Hall–Kier alpha value is -2.41.